The van der Waals surface area contributed by atoms with Crippen molar-refractivity contribution in [3.8, 4) is 11.8 Å². The number of piperazine rings is 2. The van der Waals surface area contributed by atoms with Crippen LogP contribution in [0.4, 0.5) is 101 Å². The van der Waals surface area contributed by atoms with Gasteiger partial charge in [-0.1, -0.05) is 25.3 Å². The van der Waals surface area contributed by atoms with Gasteiger partial charge in [0.05, 0.1) is 45.7 Å². The Kier molecular flexibility index (Phi) is 19.2. The molecule has 6 aromatic rings. The number of rotatable bonds is 17. The van der Waals surface area contributed by atoms with Gasteiger partial charge in [0.25, 0.3) is 0 Å². The summed E-state index contributed by atoms with van der Waals surface area (Å²) in [5, 5.41) is 16.0. The van der Waals surface area contributed by atoms with Gasteiger partial charge in [-0.15, -0.1) is 0 Å². The van der Waals surface area contributed by atoms with E-state index in [4.69, 9.17) is 14.2 Å². The molecule has 0 bridgehead atoms. The van der Waals surface area contributed by atoms with Gasteiger partial charge in [-0.3, -0.25) is 14.4 Å². The minimum absolute atomic E-state index is 0.0773. The zero-order valence-electron chi connectivity index (χ0n) is 46.1. The first-order chi connectivity index (χ1) is 40.6. The first-order valence-corrected chi connectivity index (χ1v) is 25.8. The van der Waals surface area contributed by atoms with Crippen LogP contribution in [-0.2, 0) is 31.5 Å². The van der Waals surface area contributed by atoms with Crippen molar-refractivity contribution in [2.24, 2.45) is 5.92 Å². The van der Waals surface area contributed by atoms with Gasteiger partial charge in [-0.2, -0.15) is 46.3 Å². The molecule has 448 valence electrons. The van der Waals surface area contributed by atoms with Crippen LogP contribution in [0.3, 0.4) is 0 Å². The number of alkyl halides is 6. The molecule has 85 heavy (non-hydrogen) atoms. The number of urea groups is 1. The van der Waals surface area contributed by atoms with Gasteiger partial charge >= 0.3 is 18.4 Å². The van der Waals surface area contributed by atoms with E-state index in [0.29, 0.717) is 101 Å². The van der Waals surface area contributed by atoms with E-state index in [2.05, 4.69) is 84.9 Å². The van der Waals surface area contributed by atoms with Crippen LogP contribution in [0.1, 0.15) is 11.1 Å². The van der Waals surface area contributed by atoms with Gasteiger partial charge in [0, 0.05) is 102 Å². The maximum Gasteiger partial charge on any atom is 0.421 e. The van der Waals surface area contributed by atoms with Gasteiger partial charge in [0.15, 0.2) is 0 Å². The summed E-state index contributed by atoms with van der Waals surface area (Å²) >= 11 is 0. The van der Waals surface area contributed by atoms with Crippen LogP contribution in [0.15, 0.2) is 98.6 Å². The number of hydrogen-bond acceptors (Lipinski definition) is 21. The van der Waals surface area contributed by atoms with Gasteiger partial charge in [-0.25, -0.2) is 24.7 Å². The summed E-state index contributed by atoms with van der Waals surface area (Å²) < 4.78 is 98.6. The molecule has 0 radical (unpaired) electrons. The zero-order valence-corrected chi connectivity index (χ0v) is 46.1. The fourth-order valence-electron chi connectivity index (χ4n) is 8.39. The lowest BCUT2D eigenvalue weighted by Crippen LogP contribution is -2.53. The lowest BCUT2D eigenvalue weighted by atomic mass is 10.1. The van der Waals surface area contributed by atoms with Crippen molar-refractivity contribution in [3.63, 3.8) is 0 Å². The third-order valence-corrected chi connectivity index (χ3v) is 12.8. The molecule has 7 heterocycles. The van der Waals surface area contributed by atoms with Crippen molar-refractivity contribution in [1.29, 1.82) is 0 Å². The zero-order chi connectivity index (χ0) is 61.0. The van der Waals surface area contributed by atoms with E-state index in [1.807, 2.05) is 9.80 Å². The number of hydrogen-bond donors (Lipinski definition) is 6. The summed E-state index contributed by atoms with van der Waals surface area (Å²) in [6.07, 6.45) is -3.22. The van der Waals surface area contributed by atoms with Crippen molar-refractivity contribution < 1.29 is 59.7 Å². The minimum Gasteiger partial charge on any atom is -0.479 e. The highest BCUT2D eigenvalue weighted by Crippen LogP contribution is 2.38. The molecule has 6 N–H and O–H groups in total. The standard InChI is InChI=1S/C27H28F3N9O4.C26H29F3N10O3/c1-3-21(40)33-17-5-4-6-18(11-17)34-22-19(27(28,29)30)12-31-25(36-22)35-20-13-32-26(37-23(20)42-2)39-9-7-38(8-10-39)24(41)16-14-43-15-16;1-5-20(40)32-16-7-6-8-17(13-16)33-21-18(26(27,28)29)14-30-23(35-21)34-19-15-31-24(36-22(19)42-4)38-9-11-39(12-10-38)25(41)37(2)3/h3-6,11-13,16H,1,7-10,14-15H2,2H3,(H,33,40)(H2,31,34,35,36);5-8,13-15H,1,9-12H2,2-4H3,(H,32,40)(H2,30,33,34,35). The molecule has 32 heteroatoms. The number of methoxy groups -OCH3 is 2. The number of carbonyl (C=O) groups excluding carboxylic acids is 4. The minimum atomic E-state index is -4.75. The number of ether oxygens (including phenoxy) is 3. The number of nitrogens with one attached hydrogen (secondary N) is 6. The number of amides is 5. The molecule has 0 saturated carbocycles. The quantitative estimate of drug-likeness (QED) is 0.0399. The van der Waals surface area contributed by atoms with Crippen LogP contribution in [0, 0.1) is 5.92 Å². The predicted octanol–water partition coefficient (Wildman–Crippen LogP) is 6.91. The molecular weight excluding hydrogens is 1130 g/mol. The average Bonchev–Trinajstić information content (AvgIpc) is 3.56. The van der Waals surface area contributed by atoms with Gasteiger partial charge in [-0.05, 0) is 48.6 Å². The first-order valence-electron chi connectivity index (χ1n) is 25.8. The molecule has 0 aliphatic carbocycles. The summed E-state index contributed by atoms with van der Waals surface area (Å²) in [5.41, 5.74) is -0.571. The normalized spacial score (nSPS) is 14.3. The van der Waals surface area contributed by atoms with Crippen LogP contribution in [0.25, 0.3) is 0 Å². The first kappa shape index (κ1) is 60.9. The van der Waals surface area contributed by atoms with Gasteiger partial charge < -0.3 is 70.6 Å². The topological polar surface area (TPSA) is 287 Å². The van der Waals surface area contributed by atoms with Crippen LogP contribution in [0.5, 0.6) is 11.8 Å². The van der Waals surface area contributed by atoms with Crippen molar-refractivity contribution >= 4 is 93.3 Å². The molecule has 3 fully saturated rings. The predicted molar refractivity (Wildman–Crippen MR) is 301 cm³/mol. The highest BCUT2D eigenvalue weighted by atomic mass is 19.4. The second-order valence-electron chi connectivity index (χ2n) is 18.8. The lowest BCUT2D eigenvalue weighted by Gasteiger charge is -2.38. The molecule has 2 aromatic carbocycles. The maximum atomic E-state index is 13.8. The van der Waals surface area contributed by atoms with Crippen LogP contribution in [-0.4, -0.2) is 172 Å². The highest BCUT2D eigenvalue weighted by Gasteiger charge is 2.38. The summed E-state index contributed by atoms with van der Waals surface area (Å²) in [7, 11) is 6.17. The van der Waals surface area contributed by atoms with Crippen molar-refractivity contribution in [1.82, 2.24) is 54.6 Å². The summed E-state index contributed by atoms with van der Waals surface area (Å²) in [4.78, 5) is 90.1. The fourth-order valence-corrected chi connectivity index (χ4v) is 8.39. The molecular formula is C53H57F6N19O7. The smallest absolute Gasteiger partial charge is 0.421 e. The van der Waals surface area contributed by atoms with E-state index >= 15 is 0 Å². The number of nitrogens with zero attached hydrogens (tertiary/aromatic N) is 13. The Morgan fingerprint density at radius 3 is 1.36 bits per heavy atom. The Hall–Kier alpha value is -10.1. The molecule has 26 nitrogen and oxygen atoms in total. The Balaban J connectivity index is 0.000000221. The number of aromatic nitrogens is 8. The lowest BCUT2D eigenvalue weighted by molar-refractivity contribution is -0.150. The fraction of sp³-hybridized carbons (Fsp3) is 0.321. The van der Waals surface area contributed by atoms with Gasteiger partial charge in [0.1, 0.15) is 34.1 Å². The SMILES string of the molecule is C=CC(=O)Nc1cccc(Nc2nc(Nc3cnc(N4CCN(C(=O)C5COC5)CC4)nc3OC)ncc2C(F)(F)F)c1.C=CC(=O)Nc1cccc(Nc2nc(Nc3cnc(N4CCN(C(=O)N(C)C)CC4)nc3OC)ncc2C(F)(F)F)c1. The molecule has 0 atom stereocenters. The Morgan fingerprint density at radius 2 is 1.00 bits per heavy atom. The van der Waals surface area contributed by atoms with E-state index < -0.39 is 46.9 Å². The Bertz CT molecular complexity index is 3410. The second kappa shape index (κ2) is 26.8. The molecule has 4 aromatic heterocycles. The third-order valence-electron chi connectivity index (χ3n) is 12.8. The largest absolute Gasteiger partial charge is 0.479 e. The monoisotopic (exact) mass is 1190 g/mol. The Morgan fingerprint density at radius 1 is 0.588 bits per heavy atom. The van der Waals surface area contributed by atoms with Gasteiger partial charge in [0.2, 0.25) is 53.3 Å². The van der Waals surface area contributed by atoms with Crippen molar-refractivity contribution in [3.05, 3.63) is 110 Å². The second-order valence-corrected chi connectivity index (χ2v) is 18.8. The van der Waals surface area contributed by atoms with Crippen LogP contribution < -0.4 is 51.2 Å². The van der Waals surface area contributed by atoms with E-state index in [0.717, 1.165) is 12.2 Å². The summed E-state index contributed by atoms with van der Waals surface area (Å²) in [5.74, 6) is -1.33. The summed E-state index contributed by atoms with van der Waals surface area (Å²) in [6, 6.07) is 12.1. The highest BCUT2D eigenvalue weighted by molar-refractivity contribution is 6.00. The molecule has 9 rings (SSSR count). The maximum absolute atomic E-state index is 13.8. The van der Waals surface area contributed by atoms with Crippen molar-refractivity contribution in [2.45, 2.75) is 12.4 Å². The molecule has 0 spiro atoms. The van der Waals surface area contributed by atoms with E-state index in [1.54, 1.807) is 48.2 Å². The molecule has 5 amide bonds. The summed E-state index contributed by atoms with van der Waals surface area (Å²) in [6.45, 7) is 11.7. The van der Waals surface area contributed by atoms with E-state index in [1.165, 1.54) is 55.8 Å². The molecule has 3 saturated heterocycles. The van der Waals surface area contributed by atoms with Crippen LogP contribution in [0.2, 0.25) is 0 Å². The third kappa shape index (κ3) is 15.7. The number of benzene rings is 2. The molecule has 3 aliphatic rings. The molecule has 0 unspecified atom stereocenters. The van der Waals surface area contributed by atoms with E-state index in [-0.39, 0.29) is 64.3 Å². The number of anilines is 12. The van der Waals surface area contributed by atoms with Crippen LogP contribution >= 0.6 is 0 Å². The van der Waals surface area contributed by atoms with Crippen molar-refractivity contribution in [2.75, 3.05) is 136 Å². The number of carbonyl (C=O) groups is 4. The Labute approximate surface area is 481 Å². The average molecular weight is 1190 g/mol. The molecule has 3 aliphatic heterocycles. The number of halogens is 6. The van der Waals surface area contributed by atoms with E-state index in [9.17, 15) is 45.5 Å².